The molecule has 2 aliphatic rings. The number of hydrogen-bond donors (Lipinski definition) is 4. The van der Waals surface area contributed by atoms with Crippen LogP contribution < -0.4 is 5.73 Å². The van der Waals surface area contributed by atoms with Gasteiger partial charge < -0.3 is 25.4 Å². The van der Waals surface area contributed by atoms with Gasteiger partial charge in [-0.1, -0.05) is 22.6 Å². The minimum atomic E-state index is -4.64. The largest absolute Gasteiger partial charge is 0.469 e. The average molecular weight is 435 g/mol. The molecule has 120 valence electrons. The van der Waals surface area contributed by atoms with Crippen molar-refractivity contribution in [3.63, 3.8) is 0 Å². The Morgan fingerprint density at radius 3 is 2.81 bits per heavy atom. The number of aliphatic imine (C=N–C) groups is 1. The van der Waals surface area contributed by atoms with E-state index in [4.69, 9.17) is 20.3 Å². The first kappa shape index (κ1) is 17.1. The van der Waals surface area contributed by atoms with Crippen molar-refractivity contribution in [2.24, 2.45) is 10.7 Å². The normalized spacial score (nSPS) is 34.2. The van der Waals surface area contributed by atoms with Gasteiger partial charge in [0.1, 0.15) is 18.2 Å². The van der Waals surface area contributed by atoms with E-state index >= 15 is 0 Å². The fourth-order valence-corrected chi connectivity index (χ4v) is 3.52. The zero-order valence-electron chi connectivity index (χ0n) is 10.7. The third kappa shape index (κ3) is 4.34. The lowest BCUT2D eigenvalue weighted by atomic mass is 10.2. The molecule has 12 heteroatoms. The summed E-state index contributed by atoms with van der Waals surface area (Å²) in [6.45, 7) is -0.471. The van der Waals surface area contributed by atoms with Crippen LogP contribution in [0, 0.1) is 0 Å². The van der Waals surface area contributed by atoms with Gasteiger partial charge in [-0.2, -0.15) is 4.99 Å². The van der Waals surface area contributed by atoms with Crippen molar-refractivity contribution in [1.29, 1.82) is 0 Å². The predicted octanol–water partition coefficient (Wildman–Crippen LogP) is -0.484. The highest BCUT2D eigenvalue weighted by atomic mass is 127. The van der Waals surface area contributed by atoms with Crippen molar-refractivity contribution in [3.8, 4) is 0 Å². The summed E-state index contributed by atoms with van der Waals surface area (Å²) in [6.07, 6.45) is -2.18. The first-order valence-electron chi connectivity index (χ1n) is 6.00. The molecule has 1 saturated heterocycles. The second kappa shape index (κ2) is 6.44. The summed E-state index contributed by atoms with van der Waals surface area (Å²) in [5, 5.41) is 9.85. The number of hydrogen-bond acceptors (Lipinski definition) is 6. The van der Waals surface area contributed by atoms with Gasteiger partial charge in [0, 0.05) is 12.8 Å². The van der Waals surface area contributed by atoms with Crippen LogP contribution in [0.3, 0.4) is 0 Å². The van der Waals surface area contributed by atoms with Gasteiger partial charge in [0.15, 0.2) is 0 Å². The molecule has 0 aromatic heterocycles. The molecule has 2 amide bonds. The molecule has 0 radical (unpaired) electrons. The number of aliphatic hydroxyl groups excluding tert-OH is 1. The van der Waals surface area contributed by atoms with E-state index in [1.165, 1.54) is 4.90 Å². The fourth-order valence-electron chi connectivity index (χ4n) is 2.13. The lowest BCUT2D eigenvalue weighted by molar-refractivity contribution is -0.0638. The van der Waals surface area contributed by atoms with Crippen molar-refractivity contribution in [3.05, 3.63) is 0 Å². The van der Waals surface area contributed by atoms with Crippen LogP contribution in [-0.4, -0.2) is 60.8 Å². The second-order valence-electron chi connectivity index (χ2n) is 4.65. The molecule has 0 aromatic rings. The number of halogens is 1. The van der Waals surface area contributed by atoms with Crippen LogP contribution in [0.5, 0.6) is 0 Å². The first-order chi connectivity index (χ1) is 9.67. The molecule has 1 fully saturated rings. The third-order valence-corrected chi connectivity index (χ3v) is 4.59. The number of phosphoric acid groups is 1. The molecule has 2 aliphatic heterocycles. The van der Waals surface area contributed by atoms with Gasteiger partial charge in [0.05, 0.1) is 16.8 Å². The van der Waals surface area contributed by atoms with E-state index in [0.717, 1.165) is 0 Å². The monoisotopic (exact) mass is 435 g/mol. The van der Waals surface area contributed by atoms with Crippen molar-refractivity contribution in [2.75, 3.05) is 6.61 Å². The van der Waals surface area contributed by atoms with Crippen molar-refractivity contribution in [1.82, 2.24) is 4.90 Å². The summed E-state index contributed by atoms with van der Waals surface area (Å²) in [6, 6.07) is -0.563. The van der Waals surface area contributed by atoms with Gasteiger partial charge in [0.2, 0.25) is 0 Å². The number of nitrogens with zero attached hydrogens (tertiary/aromatic N) is 2. The Labute approximate surface area is 133 Å². The Bertz CT molecular complexity index is 498. The summed E-state index contributed by atoms with van der Waals surface area (Å²) in [5.74, 6) is 0.232. The van der Waals surface area contributed by atoms with Crippen LogP contribution in [-0.2, 0) is 13.8 Å². The zero-order valence-corrected chi connectivity index (χ0v) is 13.8. The number of aliphatic hydroxyl groups is 1. The molecule has 21 heavy (non-hydrogen) atoms. The highest BCUT2D eigenvalue weighted by molar-refractivity contribution is 14.1. The first-order valence-corrected chi connectivity index (χ1v) is 8.78. The Balaban J connectivity index is 2.00. The van der Waals surface area contributed by atoms with Gasteiger partial charge >= 0.3 is 13.9 Å². The topological polar surface area (TPSA) is 155 Å². The number of amidine groups is 1. The Morgan fingerprint density at radius 2 is 2.24 bits per heavy atom. The maximum absolute atomic E-state index is 11.9. The predicted molar refractivity (Wildman–Crippen MR) is 78.6 cm³/mol. The summed E-state index contributed by atoms with van der Waals surface area (Å²) >= 11 is 2.01. The highest BCUT2D eigenvalue weighted by Gasteiger charge is 2.43. The Hall–Kier alpha value is -0.300. The van der Waals surface area contributed by atoms with Gasteiger partial charge in [-0.25, -0.2) is 9.36 Å². The van der Waals surface area contributed by atoms with Crippen LogP contribution >= 0.6 is 30.4 Å². The van der Waals surface area contributed by atoms with Gasteiger partial charge in [0.25, 0.3) is 0 Å². The summed E-state index contributed by atoms with van der Waals surface area (Å²) < 4.78 is 20.2. The van der Waals surface area contributed by atoms with Crippen molar-refractivity contribution >= 4 is 42.3 Å². The molecule has 2 heterocycles. The molecular weight excluding hydrogens is 420 g/mol. The maximum atomic E-state index is 11.9. The smallest absolute Gasteiger partial charge is 0.390 e. The van der Waals surface area contributed by atoms with Crippen LogP contribution in [0.1, 0.15) is 12.8 Å². The average Bonchev–Trinajstić information content (AvgIpc) is 2.65. The summed E-state index contributed by atoms with van der Waals surface area (Å²) in [5.41, 5.74) is 5.53. The molecule has 5 N–H and O–H groups in total. The number of carbonyl (C=O) groups excluding carboxylic acids is 1. The number of phosphoric ester groups is 1. The molecule has 4 atom stereocenters. The Morgan fingerprint density at radius 1 is 1.57 bits per heavy atom. The number of alkyl halides is 1. The van der Waals surface area contributed by atoms with E-state index in [0.29, 0.717) is 6.42 Å². The van der Waals surface area contributed by atoms with Gasteiger partial charge in [-0.3, -0.25) is 9.42 Å². The van der Waals surface area contributed by atoms with E-state index < -0.39 is 38.9 Å². The van der Waals surface area contributed by atoms with E-state index in [9.17, 15) is 14.5 Å². The van der Waals surface area contributed by atoms with E-state index in [-0.39, 0.29) is 16.3 Å². The highest BCUT2D eigenvalue weighted by Crippen LogP contribution is 2.38. The maximum Gasteiger partial charge on any atom is 0.469 e. The minimum Gasteiger partial charge on any atom is -0.390 e. The van der Waals surface area contributed by atoms with Crippen LogP contribution in [0.15, 0.2) is 4.99 Å². The number of ether oxygens (including phenoxy) is 1. The lowest BCUT2D eigenvalue weighted by Gasteiger charge is -2.33. The van der Waals surface area contributed by atoms with Crippen molar-refractivity contribution < 1.29 is 33.5 Å². The van der Waals surface area contributed by atoms with Gasteiger partial charge in [-0.15, -0.1) is 0 Å². The zero-order chi connectivity index (χ0) is 15.8. The standard InChI is InChI=1S/C9H15IN3O7P/c10-6-2-7(11)12-9(15)13(6)8-1-4(14)5(20-8)3-19-21(16,17)18/h4-6,8,14H,1-3H2,(H2,11,12,15)(H2,16,17,18)/t4-,5+,6+,8+/m1/s1. The summed E-state index contributed by atoms with van der Waals surface area (Å²) in [7, 11) is -4.64. The van der Waals surface area contributed by atoms with E-state index in [1.807, 2.05) is 22.6 Å². The minimum absolute atomic E-state index is 0.107. The van der Waals surface area contributed by atoms with Crippen LogP contribution in [0.2, 0.25) is 0 Å². The third-order valence-electron chi connectivity index (χ3n) is 3.06. The quantitative estimate of drug-likeness (QED) is 0.200. The molecule has 0 aliphatic carbocycles. The lowest BCUT2D eigenvalue weighted by Crippen LogP contribution is -2.48. The SMILES string of the molecule is NC1=NC(=O)N([C@@H]2C[C@@H](O)[C@H](COP(=O)(O)O)O2)[C@H](I)C1. The number of amides is 2. The van der Waals surface area contributed by atoms with Crippen LogP contribution in [0.4, 0.5) is 4.79 Å². The molecule has 0 spiro atoms. The van der Waals surface area contributed by atoms with Crippen molar-refractivity contribution in [2.45, 2.75) is 35.3 Å². The van der Waals surface area contributed by atoms with E-state index in [2.05, 4.69) is 9.52 Å². The summed E-state index contributed by atoms with van der Waals surface area (Å²) in [4.78, 5) is 34.2. The van der Waals surface area contributed by atoms with Crippen LogP contribution in [0.25, 0.3) is 0 Å². The fraction of sp³-hybridized carbons (Fsp3) is 0.778. The molecule has 0 saturated carbocycles. The Kier molecular flexibility index (Phi) is 5.23. The molecule has 0 bridgehead atoms. The number of nitrogens with two attached hydrogens (primary N) is 1. The molecular formula is C9H15IN3O7P. The molecule has 2 rings (SSSR count). The molecule has 10 nitrogen and oxygen atoms in total. The molecule has 0 unspecified atom stereocenters. The number of rotatable bonds is 4. The second-order valence-corrected chi connectivity index (χ2v) is 7.33. The number of carbonyl (C=O) groups is 1. The number of urea groups is 1. The van der Waals surface area contributed by atoms with E-state index in [1.54, 1.807) is 0 Å². The molecule has 0 aromatic carbocycles. The van der Waals surface area contributed by atoms with Gasteiger partial charge in [-0.05, 0) is 0 Å².